The molecular formula is C29H46O2. The van der Waals surface area contributed by atoms with Crippen molar-refractivity contribution in [3.8, 4) is 0 Å². The lowest BCUT2D eigenvalue weighted by molar-refractivity contribution is -0.108. The first kappa shape index (κ1) is 22.2. The summed E-state index contributed by atoms with van der Waals surface area (Å²) in [5, 5.41) is 10.8. The second-order valence-corrected chi connectivity index (χ2v) is 13.3. The van der Waals surface area contributed by atoms with Crippen LogP contribution in [-0.4, -0.2) is 22.4 Å². The number of hydrogen-bond acceptors (Lipinski definition) is 2. The van der Waals surface area contributed by atoms with Gasteiger partial charge in [-0.25, -0.2) is 0 Å². The van der Waals surface area contributed by atoms with E-state index in [-0.39, 0.29) is 33.6 Å². The molecule has 2 saturated carbocycles. The molecule has 3 fully saturated rings. The smallest absolute Gasteiger partial charge is 0.0728 e. The predicted molar refractivity (Wildman–Crippen MR) is 128 cm³/mol. The van der Waals surface area contributed by atoms with Gasteiger partial charge >= 0.3 is 0 Å². The van der Waals surface area contributed by atoms with Crippen LogP contribution in [0.2, 0.25) is 0 Å². The van der Waals surface area contributed by atoms with Crippen molar-refractivity contribution in [1.29, 1.82) is 0 Å². The van der Waals surface area contributed by atoms with Crippen molar-refractivity contribution in [2.75, 3.05) is 0 Å². The van der Waals surface area contributed by atoms with E-state index in [1.165, 1.54) is 38.5 Å². The summed E-state index contributed by atoms with van der Waals surface area (Å²) in [4.78, 5) is 0. The summed E-state index contributed by atoms with van der Waals surface area (Å²) in [6.45, 7) is 16.8. The molecule has 31 heavy (non-hydrogen) atoms. The summed E-state index contributed by atoms with van der Waals surface area (Å²) in [5.41, 5.74) is 5.84. The minimum Gasteiger partial charge on any atom is -0.393 e. The number of hydrogen-bond donors (Lipinski definition) is 1. The lowest BCUT2D eigenvalue weighted by Crippen LogP contribution is -2.53. The minimum absolute atomic E-state index is 0.00442. The third kappa shape index (κ3) is 2.89. The van der Waals surface area contributed by atoms with Gasteiger partial charge in [0.25, 0.3) is 0 Å². The van der Waals surface area contributed by atoms with Crippen LogP contribution in [0.3, 0.4) is 0 Å². The van der Waals surface area contributed by atoms with Crippen LogP contribution >= 0.6 is 0 Å². The van der Waals surface area contributed by atoms with Gasteiger partial charge in [-0.2, -0.15) is 0 Å². The van der Waals surface area contributed by atoms with Crippen LogP contribution in [0, 0.1) is 28.1 Å². The van der Waals surface area contributed by atoms with Crippen molar-refractivity contribution in [3.05, 3.63) is 22.8 Å². The molecule has 0 radical (unpaired) electrons. The summed E-state index contributed by atoms with van der Waals surface area (Å²) in [5.74, 6) is 1.18. The largest absolute Gasteiger partial charge is 0.393 e. The van der Waals surface area contributed by atoms with E-state index < -0.39 is 0 Å². The Balaban J connectivity index is 1.49. The van der Waals surface area contributed by atoms with Gasteiger partial charge in [0.05, 0.1) is 17.3 Å². The van der Waals surface area contributed by atoms with E-state index in [0.29, 0.717) is 11.8 Å². The quantitative estimate of drug-likeness (QED) is 0.467. The summed E-state index contributed by atoms with van der Waals surface area (Å²) in [6.07, 6.45) is 14.3. The van der Waals surface area contributed by atoms with Gasteiger partial charge in [0.2, 0.25) is 0 Å². The van der Waals surface area contributed by atoms with E-state index in [9.17, 15) is 5.11 Å². The predicted octanol–water partition coefficient (Wildman–Crippen LogP) is 7.36. The maximum absolute atomic E-state index is 10.8. The molecule has 1 N–H and O–H groups in total. The van der Waals surface area contributed by atoms with E-state index in [4.69, 9.17) is 4.74 Å². The number of rotatable bonds is 2. The molecule has 0 spiro atoms. The van der Waals surface area contributed by atoms with Crippen LogP contribution in [0.1, 0.15) is 113 Å². The third-order valence-electron chi connectivity index (χ3n) is 11.5. The molecule has 2 unspecified atom stereocenters. The van der Waals surface area contributed by atoms with Gasteiger partial charge in [-0.05, 0) is 94.8 Å². The number of aliphatic hydroxyl groups excluding tert-OH is 1. The Morgan fingerprint density at radius 3 is 2.35 bits per heavy atom. The van der Waals surface area contributed by atoms with Crippen LogP contribution in [0.4, 0.5) is 0 Å². The highest BCUT2D eigenvalue weighted by atomic mass is 16.5. The fourth-order valence-corrected chi connectivity index (χ4v) is 9.17. The number of allylic oxidation sites excluding steroid dienone is 3. The van der Waals surface area contributed by atoms with Gasteiger partial charge in [-0.15, -0.1) is 0 Å². The van der Waals surface area contributed by atoms with E-state index in [2.05, 4.69) is 54.5 Å². The Morgan fingerprint density at radius 2 is 1.68 bits per heavy atom. The monoisotopic (exact) mass is 426 g/mol. The van der Waals surface area contributed by atoms with Crippen molar-refractivity contribution in [1.82, 2.24) is 0 Å². The highest BCUT2D eigenvalue weighted by Gasteiger charge is 2.60. The fraction of sp³-hybridized carbons (Fsp3) is 0.862. The average molecular weight is 427 g/mol. The first-order valence-corrected chi connectivity index (χ1v) is 13.2. The zero-order valence-electron chi connectivity index (χ0n) is 21.2. The average Bonchev–Trinajstić information content (AvgIpc) is 3.23. The Hall–Kier alpha value is -0.600. The molecule has 0 aromatic carbocycles. The SMILES string of the molecule is CCC1(C)CCC(C)([C@H]2CC[C@]3(C)C2=CCC2=C3CC[C@H]3C(C)(C)[C@@H](O)CC[C@]23C)O1. The second kappa shape index (κ2) is 6.72. The highest BCUT2D eigenvalue weighted by Crippen LogP contribution is 2.68. The maximum atomic E-state index is 10.8. The number of aliphatic hydroxyl groups is 1. The van der Waals surface area contributed by atoms with Gasteiger partial charge in [-0.1, -0.05) is 57.4 Å². The van der Waals surface area contributed by atoms with E-state index in [1.807, 2.05) is 0 Å². The molecule has 174 valence electrons. The fourth-order valence-electron chi connectivity index (χ4n) is 9.17. The third-order valence-corrected chi connectivity index (χ3v) is 11.5. The molecule has 4 aliphatic carbocycles. The maximum Gasteiger partial charge on any atom is 0.0728 e. The van der Waals surface area contributed by atoms with Crippen molar-refractivity contribution in [3.63, 3.8) is 0 Å². The van der Waals surface area contributed by atoms with Gasteiger partial charge in [0.15, 0.2) is 0 Å². The van der Waals surface area contributed by atoms with Crippen LogP contribution in [0.25, 0.3) is 0 Å². The molecule has 7 atom stereocenters. The molecule has 2 nitrogen and oxygen atoms in total. The minimum atomic E-state index is -0.152. The lowest BCUT2D eigenvalue weighted by atomic mass is 9.46. The molecule has 5 aliphatic rings. The zero-order chi connectivity index (χ0) is 22.4. The lowest BCUT2D eigenvalue weighted by Gasteiger charge is -2.59. The van der Waals surface area contributed by atoms with Gasteiger partial charge < -0.3 is 9.84 Å². The molecule has 1 saturated heterocycles. The van der Waals surface area contributed by atoms with Crippen molar-refractivity contribution < 1.29 is 9.84 Å². The standard InChI is InChI=1S/C29H46O2/c1-8-26(4)17-18-29(7,31-26)22-13-15-27(5)19-11-12-23-25(2,3)24(30)14-16-28(23,6)20(19)9-10-21(22)27/h10,22-24,30H,8-9,11-18H2,1-7H3/t22-,23-,24-,26?,27-,28+,29?/m0/s1. The van der Waals surface area contributed by atoms with Crippen molar-refractivity contribution in [2.45, 2.75) is 130 Å². The van der Waals surface area contributed by atoms with Crippen LogP contribution in [0.5, 0.6) is 0 Å². The molecule has 5 rings (SSSR count). The number of ether oxygens (including phenoxy) is 1. The van der Waals surface area contributed by atoms with E-state index in [1.54, 1.807) is 16.7 Å². The van der Waals surface area contributed by atoms with E-state index >= 15 is 0 Å². The molecule has 0 aromatic heterocycles. The molecule has 0 amide bonds. The molecular weight excluding hydrogens is 380 g/mol. The Labute approximate surface area is 190 Å². The summed E-state index contributed by atoms with van der Waals surface area (Å²) in [7, 11) is 0. The van der Waals surface area contributed by atoms with Crippen LogP contribution in [-0.2, 0) is 4.74 Å². The van der Waals surface area contributed by atoms with Crippen molar-refractivity contribution in [2.24, 2.45) is 28.1 Å². The molecule has 2 heteroatoms. The van der Waals surface area contributed by atoms with Gasteiger partial charge in [0, 0.05) is 11.3 Å². The van der Waals surface area contributed by atoms with Gasteiger partial charge in [0.1, 0.15) is 0 Å². The first-order valence-electron chi connectivity index (χ1n) is 13.2. The second-order valence-electron chi connectivity index (χ2n) is 13.3. The summed E-state index contributed by atoms with van der Waals surface area (Å²) < 4.78 is 6.86. The number of fused-ring (bicyclic) bond motifs is 4. The Morgan fingerprint density at radius 1 is 0.935 bits per heavy atom. The first-order chi connectivity index (χ1) is 14.4. The normalized spacial score (nSPS) is 51.2. The molecule has 0 aromatic rings. The zero-order valence-corrected chi connectivity index (χ0v) is 21.2. The molecule has 1 aliphatic heterocycles. The summed E-state index contributed by atoms with van der Waals surface area (Å²) >= 11 is 0. The Kier molecular flexibility index (Phi) is 4.81. The Bertz CT molecular complexity index is 836. The molecule has 1 heterocycles. The highest BCUT2D eigenvalue weighted by molar-refractivity contribution is 5.47. The summed E-state index contributed by atoms with van der Waals surface area (Å²) in [6, 6.07) is 0. The van der Waals surface area contributed by atoms with Crippen LogP contribution in [0.15, 0.2) is 22.8 Å². The molecule has 0 bridgehead atoms. The van der Waals surface area contributed by atoms with Crippen molar-refractivity contribution >= 4 is 0 Å². The van der Waals surface area contributed by atoms with Gasteiger partial charge in [-0.3, -0.25) is 0 Å². The van der Waals surface area contributed by atoms with Crippen LogP contribution < -0.4 is 0 Å². The van der Waals surface area contributed by atoms with E-state index in [0.717, 1.165) is 25.7 Å². The topological polar surface area (TPSA) is 29.5 Å².